The van der Waals surface area contributed by atoms with Gasteiger partial charge in [0.15, 0.2) is 11.5 Å². The van der Waals surface area contributed by atoms with Gasteiger partial charge in [-0.15, -0.1) is 0 Å². The molecule has 1 N–H and O–H groups in total. The standard InChI is InChI=1S/C13H18N6O2/c1-5-14-12-17-10(18-13(19-12)21-8(2)3)9-11(20-4)16-7-6-15-9/h6-8H,5H2,1-4H3,(H,14,17,18,19). The summed E-state index contributed by atoms with van der Waals surface area (Å²) in [6, 6.07) is 0.235. The summed E-state index contributed by atoms with van der Waals surface area (Å²) >= 11 is 0. The number of methoxy groups -OCH3 is 1. The van der Waals surface area contributed by atoms with Crippen molar-refractivity contribution in [3.63, 3.8) is 0 Å². The van der Waals surface area contributed by atoms with Crippen LogP contribution in [0.5, 0.6) is 11.9 Å². The monoisotopic (exact) mass is 290 g/mol. The highest BCUT2D eigenvalue weighted by Gasteiger charge is 2.16. The predicted molar refractivity (Wildman–Crippen MR) is 77.3 cm³/mol. The van der Waals surface area contributed by atoms with Crippen molar-refractivity contribution in [2.75, 3.05) is 19.0 Å². The molecule has 0 saturated carbocycles. The first-order valence-corrected chi connectivity index (χ1v) is 6.66. The maximum Gasteiger partial charge on any atom is 0.322 e. The van der Waals surface area contributed by atoms with E-state index in [0.29, 0.717) is 29.9 Å². The van der Waals surface area contributed by atoms with Crippen LogP contribution < -0.4 is 14.8 Å². The van der Waals surface area contributed by atoms with Crippen LogP contribution in [0.1, 0.15) is 20.8 Å². The van der Waals surface area contributed by atoms with Crippen LogP contribution in [-0.4, -0.2) is 44.7 Å². The van der Waals surface area contributed by atoms with Gasteiger partial charge in [-0.25, -0.2) is 9.97 Å². The summed E-state index contributed by atoms with van der Waals surface area (Å²) in [5, 5.41) is 3.04. The van der Waals surface area contributed by atoms with Crippen LogP contribution in [0.2, 0.25) is 0 Å². The summed E-state index contributed by atoms with van der Waals surface area (Å²) in [6.07, 6.45) is 3.05. The van der Waals surface area contributed by atoms with E-state index in [1.165, 1.54) is 7.11 Å². The molecule has 0 radical (unpaired) electrons. The molecular formula is C13H18N6O2. The zero-order valence-corrected chi connectivity index (χ0v) is 12.5. The zero-order chi connectivity index (χ0) is 15.2. The fourth-order valence-corrected chi connectivity index (χ4v) is 1.59. The van der Waals surface area contributed by atoms with Crippen molar-refractivity contribution in [2.45, 2.75) is 26.9 Å². The largest absolute Gasteiger partial charge is 0.479 e. The average Bonchev–Trinajstić information content (AvgIpc) is 2.46. The smallest absolute Gasteiger partial charge is 0.322 e. The second-order valence-electron chi connectivity index (χ2n) is 4.38. The molecule has 0 unspecified atom stereocenters. The van der Waals surface area contributed by atoms with Gasteiger partial charge in [-0.3, -0.25) is 0 Å². The molecule has 0 amide bonds. The highest BCUT2D eigenvalue weighted by molar-refractivity contribution is 5.57. The fraction of sp³-hybridized carbons (Fsp3) is 0.462. The van der Waals surface area contributed by atoms with E-state index in [4.69, 9.17) is 9.47 Å². The molecule has 0 aromatic carbocycles. The Morgan fingerprint density at radius 1 is 1.14 bits per heavy atom. The Labute approximate surface area is 123 Å². The Balaban J connectivity index is 2.48. The van der Waals surface area contributed by atoms with Crippen molar-refractivity contribution < 1.29 is 9.47 Å². The van der Waals surface area contributed by atoms with Gasteiger partial charge in [0.1, 0.15) is 0 Å². The molecule has 0 aliphatic heterocycles. The lowest BCUT2D eigenvalue weighted by Gasteiger charge is -2.11. The molecule has 2 heterocycles. The lowest BCUT2D eigenvalue weighted by atomic mass is 10.4. The maximum absolute atomic E-state index is 5.55. The SMILES string of the molecule is CCNc1nc(OC(C)C)nc(-c2nccnc2OC)n1. The van der Waals surface area contributed by atoms with Crippen molar-refractivity contribution in [3.05, 3.63) is 12.4 Å². The predicted octanol–water partition coefficient (Wildman–Crippen LogP) is 1.56. The molecule has 8 nitrogen and oxygen atoms in total. The Morgan fingerprint density at radius 3 is 2.57 bits per heavy atom. The first-order valence-electron chi connectivity index (χ1n) is 6.66. The molecule has 21 heavy (non-hydrogen) atoms. The first-order chi connectivity index (χ1) is 10.1. The van der Waals surface area contributed by atoms with Gasteiger partial charge in [0, 0.05) is 18.9 Å². The molecule has 8 heteroatoms. The number of anilines is 1. The van der Waals surface area contributed by atoms with E-state index in [9.17, 15) is 0 Å². The van der Waals surface area contributed by atoms with Crippen molar-refractivity contribution >= 4 is 5.95 Å². The third-order valence-electron chi connectivity index (χ3n) is 2.36. The van der Waals surface area contributed by atoms with Gasteiger partial charge in [-0.1, -0.05) is 0 Å². The molecule has 2 rings (SSSR count). The van der Waals surface area contributed by atoms with E-state index in [0.717, 1.165) is 0 Å². The van der Waals surface area contributed by atoms with Gasteiger partial charge in [-0.2, -0.15) is 15.0 Å². The summed E-state index contributed by atoms with van der Waals surface area (Å²) in [5.74, 6) is 1.12. The highest BCUT2D eigenvalue weighted by atomic mass is 16.5. The molecule has 2 aromatic heterocycles. The molecule has 0 saturated heterocycles. The number of nitrogens with zero attached hydrogens (tertiary/aromatic N) is 5. The Kier molecular flexibility index (Phi) is 4.81. The van der Waals surface area contributed by atoms with Gasteiger partial charge in [0.05, 0.1) is 13.2 Å². The van der Waals surface area contributed by atoms with E-state index in [1.807, 2.05) is 20.8 Å². The highest BCUT2D eigenvalue weighted by Crippen LogP contribution is 2.24. The number of aromatic nitrogens is 5. The van der Waals surface area contributed by atoms with E-state index in [-0.39, 0.29) is 12.1 Å². The van der Waals surface area contributed by atoms with E-state index < -0.39 is 0 Å². The second kappa shape index (κ2) is 6.78. The Morgan fingerprint density at radius 2 is 1.90 bits per heavy atom. The minimum atomic E-state index is -0.0431. The number of hydrogen-bond donors (Lipinski definition) is 1. The van der Waals surface area contributed by atoms with Crippen LogP contribution in [0.4, 0.5) is 5.95 Å². The minimum absolute atomic E-state index is 0.0431. The van der Waals surface area contributed by atoms with E-state index in [2.05, 4.69) is 30.2 Å². The van der Waals surface area contributed by atoms with E-state index in [1.54, 1.807) is 12.4 Å². The topological polar surface area (TPSA) is 94.9 Å². The molecule has 0 aliphatic carbocycles. The molecule has 0 bridgehead atoms. The van der Waals surface area contributed by atoms with Gasteiger partial charge in [-0.05, 0) is 20.8 Å². The van der Waals surface area contributed by atoms with Crippen LogP contribution in [0.25, 0.3) is 11.5 Å². The number of hydrogen-bond acceptors (Lipinski definition) is 8. The molecule has 0 spiro atoms. The zero-order valence-electron chi connectivity index (χ0n) is 12.5. The molecule has 0 atom stereocenters. The lowest BCUT2D eigenvalue weighted by molar-refractivity contribution is 0.222. The number of rotatable bonds is 6. The Bertz CT molecular complexity index is 605. The lowest BCUT2D eigenvalue weighted by Crippen LogP contribution is -2.12. The average molecular weight is 290 g/mol. The van der Waals surface area contributed by atoms with Crippen molar-refractivity contribution in [1.82, 2.24) is 24.9 Å². The van der Waals surface area contributed by atoms with Gasteiger partial charge >= 0.3 is 6.01 Å². The van der Waals surface area contributed by atoms with Crippen LogP contribution >= 0.6 is 0 Å². The van der Waals surface area contributed by atoms with E-state index >= 15 is 0 Å². The van der Waals surface area contributed by atoms with Crippen LogP contribution in [0, 0.1) is 0 Å². The molecule has 112 valence electrons. The van der Waals surface area contributed by atoms with Crippen LogP contribution in [0.15, 0.2) is 12.4 Å². The number of nitrogens with one attached hydrogen (secondary N) is 1. The summed E-state index contributed by atoms with van der Waals surface area (Å²) in [7, 11) is 1.52. The van der Waals surface area contributed by atoms with Gasteiger partial charge in [0.2, 0.25) is 11.8 Å². The van der Waals surface area contributed by atoms with Gasteiger partial charge in [0.25, 0.3) is 0 Å². The molecule has 2 aromatic rings. The quantitative estimate of drug-likeness (QED) is 0.856. The van der Waals surface area contributed by atoms with Crippen molar-refractivity contribution in [1.29, 1.82) is 0 Å². The third kappa shape index (κ3) is 3.74. The molecule has 0 fully saturated rings. The third-order valence-corrected chi connectivity index (χ3v) is 2.36. The summed E-state index contributed by atoms with van der Waals surface area (Å²) in [4.78, 5) is 21.1. The molecule has 0 aliphatic rings. The van der Waals surface area contributed by atoms with Crippen molar-refractivity contribution in [2.24, 2.45) is 0 Å². The summed E-state index contributed by atoms with van der Waals surface area (Å²) < 4.78 is 10.7. The maximum atomic E-state index is 5.55. The normalized spacial score (nSPS) is 10.5. The second-order valence-corrected chi connectivity index (χ2v) is 4.38. The summed E-state index contributed by atoms with van der Waals surface area (Å²) in [6.45, 7) is 6.44. The van der Waals surface area contributed by atoms with Crippen LogP contribution in [-0.2, 0) is 0 Å². The summed E-state index contributed by atoms with van der Waals surface area (Å²) in [5.41, 5.74) is 0.440. The Hall–Kier alpha value is -2.51. The van der Waals surface area contributed by atoms with Gasteiger partial charge < -0.3 is 14.8 Å². The van der Waals surface area contributed by atoms with Crippen molar-refractivity contribution in [3.8, 4) is 23.4 Å². The first kappa shape index (κ1) is 14.9. The minimum Gasteiger partial charge on any atom is -0.479 e. The number of ether oxygens (including phenoxy) is 2. The van der Waals surface area contributed by atoms with Crippen LogP contribution in [0.3, 0.4) is 0 Å². The fourth-order valence-electron chi connectivity index (χ4n) is 1.59. The molecular weight excluding hydrogens is 272 g/mol.